The molecule has 0 aliphatic heterocycles. The van der Waals surface area contributed by atoms with Crippen LogP contribution in [-0.2, 0) is 24.2 Å². The highest BCUT2D eigenvalue weighted by molar-refractivity contribution is 6.31. The summed E-state index contributed by atoms with van der Waals surface area (Å²) in [6.07, 6.45) is 4.53. The number of aryl methyl sites for hydroxylation is 2. The summed E-state index contributed by atoms with van der Waals surface area (Å²) in [7, 11) is 0. The van der Waals surface area contributed by atoms with Crippen LogP contribution in [0.3, 0.4) is 0 Å². The number of amides is 1. The number of carbonyl (C=O) groups is 1. The van der Waals surface area contributed by atoms with Gasteiger partial charge in [0, 0.05) is 17.5 Å². The quantitative estimate of drug-likeness (QED) is 0.894. The minimum absolute atomic E-state index is 0.0735. The molecule has 0 radical (unpaired) electrons. The first kappa shape index (κ1) is 14.8. The molecule has 0 heterocycles. The van der Waals surface area contributed by atoms with Crippen LogP contribution < -0.4 is 5.32 Å². The van der Waals surface area contributed by atoms with Gasteiger partial charge in [-0.3, -0.25) is 4.79 Å². The van der Waals surface area contributed by atoms with Crippen molar-refractivity contribution in [1.82, 2.24) is 5.32 Å². The summed E-state index contributed by atoms with van der Waals surface area (Å²) in [5, 5.41) is 3.86. The van der Waals surface area contributed by atoms with Gasteiger partial charge in [-0.1, -0.05) is 48.0 Å². The van der Waals surface area contributed by atoms with Gasteiger partial charge in [-0.05, 0) is 59.9 Å². The molecule has 4 rings (SSSR count). The third-order valence-electron chi connectivity index (χ3n) is 5.06. The van der Waals surface area contributed by atoms with E-state index in [2.05, 4.69) is 23.5 Å². The molecule has 1 saturated carbocycles. The van der Waals surface area contributed by atoms with E-state index >= 15 is 0 Å². The highest BCUT2D eigenvalue weighted by Gasteiger charge is 2.44. The summed E-state index contributed by atoms with van der Waals surface area (Å²) >= 11 is 6.22. The fourth-order valence-electron chi connectivity index (χ4n) is 3.66. The highest BCUT2D eigenvalue weighted by atomic mass is 35.5. The van der Waals surface area contributed by atoms with Crippen molar-refractivity contribution in [2.24, 2.45) is 5.92 Å². The number of hydrogen-bond donors (Lipinski definition) is 1. The summed E-state index contributed by atoms with van der Waals surface area (Å²) in [6, 6.07) is 14.4. The monoisotopic (exact) mass is 325 g/mol. The van der Waals surface area contributed by atoms with E-state index in [-0.39, 0.29) is 17.7 Å². The van der Waals surface area contributed by atoms with E-state index in [0.29, 0.717) is 6.54 Å². The normalized spacial score (nSPS) is 21.8. The van der Waals surface area contributed by atoms with Crippen LogP contribution in [0.15, 0.2) is 42.5 Å². The number of fused-ring (bicyclic) bond motifs is 1. The van der Waals surface area contributed by atoms with Gasteiger partial charge in [-0.2, -0.15) is 0 Å². The Hall–Kier alpha value is -1.80. The summed E-state index contributed by atoms with van der Waals surface area (Å²) in [6.45, 7) is 0.623. The van der Waals surface area contributed by atoms with Gasteiger partial charge in [0.25, 0.3) is 0 Å². The molecular formula is C20H20ClNO. The molecule has 2 aliphatic carbocycles. The lowest BCUT2D eigenvalue weighted by Gasteiger charge is -2.08. The molecule has 0 spiro atoms. The molecule has 2 aromatic rings. The van der Waals surface area contributed by atoms with Crippen LogP contribution in [-0.4, -0.2) is 5.91 Å². The van der Waals surface area contributed by atoms with Crippen molar-refractivity contribution in [2.75, 3.05) is 0 Å². The summed E-state index contributed by atoms with van der Waals surface area (Å²) < 4.78 is 0. The maximum atomic E-state index is 12.4. The van der Waals surface area contributed by atoms with Crippen molar-refractivity contribution in [2.45, 2.75) is 38.1 Å². The molecule has 2 atom stereocenters. The van der Waals surface area contributed by atoms with Crippen molar-refractivity contribution >= 4 is 17.5 Å². The Bertz CT molecular complexity index is 755. The van der Waals surface area contributed by atoms with E-state index in [4.69, 9.17) is 11.6 Å². The van der Waals surface area contributed by atoms with E-state index < -0.39 is 0 Å². The SMILES string of the molecule is O=C(NCc1ccc2c(c1)CCC2)C1CC1c1ccccc1Cl. The topological polar surface area (TPSA) is 29.1 Å². The van der Waals surface area contributed by atoms with Crippen LogP contribution >= 0.6 is 11.6 Å². The number of benzene rings is 2. The maximum absolute atomic E-state index is 12.4. The van der Waals surface area contributed by atoms with Gasteiger partial charge in [-0.25, -0.2) is 0 Å². The minimum atomic E-state index is 0.0735. The minimum Gasteiger partial charge on any atom is -0.352 e. The smallest absolute Gasteiger partial charge is 0.224 e. The van der Waals surface area contributed by atoms with Crippen LogP contribution in [0.2, 0.25) is 5.02 Å². The first-order valence-corrected chi connectivity index (χ1v) is 8.73. The fraction of sp³-hybridized carbons (Fsp3) is 0.350. The molecule has 0 bridgehead atoms. The molecule has 2 aliphatic rings. The highest BCUT2D eigenvalue weighted by Crippen LogP contribution is 2.49. The summed E-state index contributed by atoms with van der Waals surface area (Å²) in [5.74, 6) is 0.503. The van der Waals surface area contributed by atoms with Crippen molar-refractivity contribution in [1.29, 1.82) is 0 Å². The zero-order valence-corrected chi connectivity index (χ0v) is 13.8. The Morgan fingerprint density at radius 2 is 1.96 bits per heavy atom. The molecule has 2 nitrogen and oxygen atoms in total. The molecule has 1 amide bonds. The van der Waals surface area contributed by atoms with Crippen LogP contribution in [0.4, 0.5) is 0 Å². The number of rotatable bonds is 4. The second kappa shape index (κ2) is 6.01. The largest absolute Gasteiger partial charge is 0.352 e. The van der Waals surface area contributed by atoms with Gasteiger partial charge in [0.15, 0.2) is 0 Å². The maximum Gasteiger partial charge on any atom is 0.224 e. The van der Waals surface area contributed by atoms with Gasteiger partial charge >= 0.3 is 0 Å². The van der Waals surface area contributed by atoms with Gasteiger partial charge in [0.1, 0.15) is 0 Å². The Morgan fingerprint density at radius 1 is 1.13 bits per heavy atom. The molecule has 0 saturated heterocycles. The van der Waals surface area contributed by atoms with Gasteiger partial charge in [-0.15, -0.1) is 0 Å². The Kier molecular flexibility index (Phi) is 3.86. The predicted octanol–water partition coefficient (Wildman–Crippen LogP) is 4.25. The third-order valence-corrected chi connectivity index (χ3v) is 5.41. The lowest BCUT2D eigenvalue weighted by Crippen LogP contribution is -2.25. The Morgan fingerprint density at radius 3 is 2.83 bits per heavy atom. The number of carbonyl (C=O) groups excluding carboxylic acids is 1. The zero-order chi connectivity index (χ0) is 15.8. The van der Waals surface area contributed by atoms with Crippen LogP contribution in [0.5, 0.6) is 0 Å². The molecule has 118 valence electrons. The van der Waals surface area contributed by atoms with Crippen LogP contribution in [0, 0.1) is 5.92 Å². The van der Waals surface area contributed by atoms with Crippen LogP contribution in [0.1, 0.15) is 41.0 Å². The van der Waals surface area contributed by atoms with E-state index in [0.717, 1.165) is 17.0 Å². The first-order valence-electron chi connectivity index (χ1n) is 8.35. The number of nitrogens with one attached hydrogen (secondary N) is 1. The standard InChI is InChI=1S/C20H20ClNO/c21-19-7-2-1-6-16(19)17-11-18(17)20(23)22-12-13-8-9-14-4-3-5-15(14)10-13/h1-2,6-10,17-18H,3-5,11-12H2,(H,22,23). The number of hydrogen-bond acceptors (Lipinski definition) is 1. The van der Waals surface area contributed by atoms with Gasteiger partial charge < -0.3 is 5.32 Å². The second-order valence-corrected chi connectivity index (χ2v) is 7.05. The van der Waals surface area contributed by atoms with E-state index in [1.165, 1.54) is 36.0 Å². The average molecular weight is 326 g/mol. The number of halogens is 1. The molecule has 2 aromatic carbocycles. The Labute approximate surface area is 141 Å². The van der Waals surface area contributed by atoms with E-state index in [1.807, 2.05) is 24.3 Å². The van der Waals surface area contributed by atoms with Crippen molar-refractivity contribution < 1.29 is 4.79 Å². The van der Waals surface area contributed by atoms with E-state index in [1.54, 1.807) is 0 Å². The summed E-state index contributed by atoms with van der Waals surface area (Å²) in [5.41, 5.74) is 5.24. The molecule has 0 aromatic heterocycles. The van der Waals surface area contributed by atoms with Crippen LogP contribution in [0.25, 0.3) is 0 Å². The van der Waals surface area contributed by atoms with Crippen molar-refractivity contribution in [3.63, 3.8) is 0 Å². The second-order valence-electron chi connectivity index (χ2n) is 6.64. The predicted molar refractivity (Wildman–Crippen MR) is 92.6 cm³/mol. The molecule has 1 N–H and O–H groups in total. The summed E-state index contributed by atoms with van der Waals surface area (Å²) in [4.78, 5) is 12.4. The molecule has 1 fully saturated rings. The molecule has 2 unspecified atom stereocenters. The average Bonchev–Trinajstić information content (AvgIpc) is 3.22. The lowest BCUT2D eigenvalue weighted by atomic mass is 10.1. The molecular weight excluding hydrogens is 306 g/mol. The van der Waals surface area contributed by atoms with Gasteiger partial charge in [0.05, 0.1) is 0 Å². The lowest BCUT2D eigenvalue weighted by molar-refractivity contribution is -0.122. The molecule has 3 heteroatoms. The zero-order valence-electron chi connectivity index (χ0n) is 13.0. The fourth-order valence-corrected chi connectivity index (χ4v) is 3.94. The molecule has 23 heavy (non-hydrogen) atoms. The third kappa shape index (κ3) is 3.00. The first-order chi connectivity index (χ1) is 11.2. The van der Waals surface area contributed by atoms with Gasteiger partial charge in [0.2, 0.25) is 5.91 Å². The van der Waals surface area contributed by atoms with Crippen molar-refractivity contribution in [3.05, 3.63) is 69.7 Å². The van der Waals surface area contributed by atoms with Crippen molar-refractivity contribution in [3.8, 4) is 0 Å². The van der Waals surface area contributed by atoms with E-state index in [9.17, 15) is 4.79 Å². The Balaban J connectivity index is 1.36.